The van der Waals surface area contributed by atoms with Crippen LogP contribution < -0.4 is 4.31 Å². The lowest BCUT2D eigenvalue weighted by Gasteiger charge is -2.56. The van der Waals surface area contributed by atoms with Crippen molar-refractivity contribution < 1.29 is 17.9 Å². The van der Waals surface area contributed by atoms with E-state index in [1.807, 2.05) is 61.5 Å². The van der Waals surface area contributed by atoms with E-state index in [0.29, 0.717) is 12.1 Å². The van der Waals surface area contributed by atoms with Crippen LogP contribution in [0.5, 0.6) is 0 Å². The van der Waals surface area contributed by atoms with Gasteiger partial charge < -0.3 is 4.74 Å². The Morgan fingerprint density at radius 3 is 2.36 bits per heavy atom. The third-order valence-corrected chi connectivity index (χ3v) is 11.0. The fraction of sp³-hybridized carbons (Fsp3) is 0.364. The summed E-state index contributed by atoms with van der Waals surface area (Å²) in [6.45, 7) is 4.24. The lowest BCUT2D eigenvalue weighted by Crippen LogP contribution is -2.56. The Kier molecular flexibility index (Phi) is 6.22. The minimum Gasteiger partial charge on any atom is -0.468 e. The van der Waals surface area contributed by atoms with Gasteiger partial charge in [-0.15, -0.1) is 0 Å². The predicted molar refractivity (Wildman–Crippen MR) is 155 cm³/mol. The molecule has 2 aliphatic carbocycles. The number of para-hydroxylation sites is 1. The van der Waals surface area contributed by atoms with Gasteiger partial charge >= 0.3 is 5.97 Å². The number of esters is 1. The van der Waals surface area contributed by atoms with E-state index < -0.39 is 15.4 Å². The van der Waals surface area contributed by atoms with Gasteiger partial charge in [0.25, 0.3) is 10.0 Å². The number of rotatable bonds is 4. The topological polar surface area (TPSA) is 63.7 Å². The summed E-state index contributed by atoms with van der Waals surface area (Å²) in [6.07, 6.45) is 4.84. The Labute approximate surface area is 231 Å². The first-order valence-corrected chi connectivity index (χ1v) is 15.2. The molecule has 3 atom stereocenters. The summed E-state index contributed by atoms with van der Waals surface area (Å²) in [5.74, 6) is -0.0930. The van der Waals surface area contributed by atoms with Crippen LogP contribution in [0.25, 0.3) is 11.1 Å². The monoisotopic (exact) mass is 541 g/mol. The summed E-state index contributed by atoms with van der Waals surface area (Å²) in [4.78, 5) is 14.3. The highest BCUT2D eigenvalue weighted by atomic mass is 32.2. The summed E-state index contributed by atoms with van der Waals surface area (Å²) in [5, 5.41) is 0. The van der Waals surface area contributed by atoms with Crippen LogP contribution in [0.3, 0.4) is 0 Å². The Hall–Kier alpha value is -3.38. The lowest BCUT2D eigenvalue weighted by atomic mass is 9.49. The van der Waals surface area contributed by atoms with Crippen LogP contribution in [-0.2, 0) is 19.6 Å². The fourth-order valence-electron chi connectivity index (χ4n) is 7.53. The van der Waals surface area contributed by atoms with E-state index in [0.717, 1.165) is 47.9 Å². The van der Waals surface area contributed by atoms with Gasteiger partial charge in [-0.3, -0.25) is 9.10 Å². The number of hydrogen-bond acceptors (Lipinski definition) is 4. The molecule has 1 aliphatic heterocycles. The molecule has 0 unspecified atom stereocenters. The van der Waals surface area contributed by atoms with E-state index >= 15 is 0 Å². The summed E-state index contributed by atoms with van der Waals surface area (Å²) >= 11 is 0. The van der Waals surface area contributed by atoms with Gasteiger partial charge in [0.1, 0.15) is 5.41 Å². The lowest BCUT2D eigenvalue weighted by molar-refractivity contribution is -0.151. The van der Waals surface area contributed by atoms with Gasteiger partial charge in [0.2, 0.25) is 0 Å². The Morgan fingerprint density at radius 1 is 0.949 bits per heavy atom. The highest BCUT2D eigenvalue weighted by molar-refractivity contribution is 7.92. The number of fused-ring (bicyclic) bond motifs is 4. The summed E-state index contributed by atoms with van der Waals surface area (Å²) in [7, 11) is -2.53. The van der Waals surface area contributed by atoms with Crippen molar-refractivity contribution in [2.45, 2.75) is 50.8 Å². The highest BCUT2D eigenvalue weighted by Crippen LogP contribution is 2.65. The molecule has 0 radical (unpaired) electrons. The average molecular weight is 542 g/mol. The minimum absolute atomic E-state index is 0.0148. The molecule has 39 heavy (non-hydrogen) atoms. The maximum absolute atomic E-state index is 14.3. The molecule has 6 rings (SSSR count). The van der Waals surface area contributed by atoms with E-state index in [9.17, 15) is 13.2 Å². The normalized spacial score (nSPS) is 26.3. The molecule has 3 aromatic carbocycles. The Bertz CT molecular complexity index is 1560. The van der Waals surface area contributed by atoms with Crippen molar-refractivity contribution in [3.05, 3.63) is 95.6 Å². The molecule has 0 spiro atoms. The van der Waals surface area contributed by atoms with Crippen LogP contribution in [0.2, 0.25) is 0 Å². The Balaban J connectivity index is 1.69. The molecule has 202 valence electrons. The molecule has 5 nitrogen and oxygen atoms in total. The van der Waals surface area contributed by atoms with Crippen molar-refractivity contribution in [2.75, 3.05) is 18.0 Å². The van der Waals surface area contributed by atoms with E-state index in [-0.39, 0.29) is 28.7 Å². The van der Waals surface area contributed by atoms with Gasteiger partial charge in [0, 0.05) is 5.56 Å². The molecule has 1 fully saturated rings. The van der Waals surface area contributed by atoms with Crippen molar-refractivity contribution in [1.29, 1.82) is 0 Å². The van der Waals surface area contributed by atoms with Crippen molar-refractivity contribution >= 4 is 32.8 Å². The predicted octanol–water partition coefficient (Wildman–Crippen LogP) is 6.87. The Morgan fingerprint density at radius 2 is 1.64 bits per heavy atom. The molecule has 0 saturated heterocycles. The van der Waals surface area contributed by atoms with Crippen molar-refractivity contribution in [3.63, 3.8) is 0 Å². The fourth-order valence-corrected chi connectivity index (χ4v) is 9.08. The zero-order valence-corrected chi connectivity index (χ0v) is 23.6. The summed E-state index contributed by atoms with van der Waals surface area (Å²) in [5.41, 5.74) is 4.33. The third kappa shape index (κ3) is 3.95. The van der Waals surface area contributed by atoms with Gasteiger partial charge in [0.05, 0.1) is 24.2 Å². The van der Waals surface area contributed by atoms with Crippen LogP contribution in [0.1, 0.15) is 55.7 Å². The van der Waals surface area contributed by atoms with Crippen molar-refractivity contribution in [2.24, 2.45) is 16.7 Å². The van der Waals surface area contributed by atoms with E-state index in [4.69, 9.17) is 4.74 Å². The standard InChI is InChI=1S/C33H35NO4S/c1-23-16-18-25(19-17-23)39(36,37)34-22-33(31(35)38-3)21-32(2)20-10-9-14-27(32)29(24-11-5-4-6-12-24)30(33)26-13-7-8-15-28(26)34/h4-8,11-13,15-19,27H,9-10,14,20-22H2,1-3H3/t27-,32+,33+/m1/s1. The number of allylic oxidation sites excluding steroid dienone is 1. The second-order valence-corrected chi connectivity index (χ2v) is 13.6. The zero-order chi connectivity index (χ0) is 27.4. The SMILES string of the molecule is COC(=O)[C@@]12CN(S(=O)(=O)c3ccc(C)cc3)c3ccccc3C1=C(c1ccccc1)[C@H]1CCCC[C@@]1(C)C2. The molecule has 3 aliphatic rings. The van der Waals surface area contributed by atoms with Crippen LogP contribution in [0.15, 0.2) is 83.8 Å². The van der Waals surface area contributed by atoms with E-state index in [2.05, 4.69) is 19.1 Å². The quantitative estimate of drug-likeness (QED) is 0.338. The van der Waals surface area contributed by atoms with Gasteiger partial charge in [0.15, 0.2) is 0 Å². The zero-order valence-electron chi connectivity index (χ0n) is 22.8. The first-order valence-electron chi connectivity index (χ1n) is 13.8. The van der Waals surface area contributed by atoms with Crippen LogP contribution in [-0.4, -0.2) is 28.0 Å². The molecule has 3 aromatic rings. The van der Waals surface area contributed by atoms with Crippen LogP contribution in [0.4, 0.5) is 5.69 Å². The molecule has 0 N–H and O–H groups in total. The van der Waals surface area contributed by atoms with Gasteiger partial charge in [-0.2, -0.15) is 0 Å². The maximum atomic E-state index is 14.3. The number of hydrogen-bond donors (Lipinski definition) is 0. The first-order chi connectivity index (χ1) is 18.7. The number of methoxy groups -OCH3 is 1. The second-order valence-electron chi connectivity index (χ2n) is 11.7. The van der Waals surface area contributed by atoms with Gasteiger partial charge in [-0.05, 0) is 72.4 Å². The number of anilines is 1. The largest absolute Gasteiger partial charge is 0.468 e. The number of ether oxygens (including phenoxy) is 1. The molecule has 1 saturated carbocycles. The summed E-state index contributed by atoms with van der Waals surface area (Å²) in [6, 6.07) is 24.9. The van der Waals surface area contributed by atoms with Gasteiger partial charge in [-0.1, -0.05) is 86.0 Å². The van der Waals surface area contributed by atoms with Crippen molar-refractivity contribution in [1.82, 2.24) is 0 Å². The number of benzene rings is 3. The number of nitrogens with zero attached hydrogens (tertiary/aromatic N) is 1. The molecular weight excluding hydrogens is 506 g/mol. The number of aryl methyl sites for hydroxylation is 1. The maximum Gasteiger partial charge on any atom is 0.318 e. The second kappa shape index (κ2) is 9.37. The smallest absolute Gasteiger partial charge is 0.318 e. The minimum atomic E-state index is -3.95. The van der Waals surface area contributed by atoms with E-state index in [1.165, 1.54) is 17.0 Å². The van der Waals surface area contributed by atoms with Crippen LogP contribution >= 0.6 is 0 Å². The number of carbonyl (C=O) groups is 1. The summed E-state index contributed by atoms with van der Waals surface area (Å²) < 4.78 is 35.5. The first kappa shape index (κ1) is 25.9. The molecule has 6 heteroatoms. The molecule has 0 bridgehead atoms. The van der Waals surface area contributed by atoms with E-state index in [1.54, 1.807) is 12.1 Å². The average Bonchev–Trinajstić information content (AvgIpc) is 2.95. The van der Waals surface area contributed by atoms with Crippen molar-refractivity contribution in [3.8, 4) is 0 Å². The molecule has 1 heterocycles. The highest BCUT2D eigenvalue weighted by Gasteiger charge is 2.60. The molecule has 0 amide bonds. The number of carbonyl (C=O) groups excluding carboxylic acids is 1. The molecule has 0 aromatic heterocycles. The van der Waals surface area contributed by atoms with Crippen LogP contribution in [0, 0.1) is 23.7 Å². The molecular formula is C33H35NO4S. The number of sulfonamides is 1. The third-order valence-electron chi connectivity index (χ3n) is 9.26. The van der Waals surface area contributed by atoms with Gasteiger partial charge in [-0.25, -0.2) is 8.42 Å².